The van der Waals surface area contributed by atoms with Crippen LogP contribution in [0.5, 0.6) is 0 Å². The van der Waals surface area contributed by atoms with E-state index in [1.165, 1.54) is 6.07 Å². The van der Waals surface area contributed by atoms with E-state index in [1.807, 2.05) is 0 Å². The Kier molecular flexibility index (Phi) is 5.01. The summed E-state index contributed by atoms with van der Waals surface area (Å²) in [6, 6.07) is 3.11. The molecule has 1 aromatic carbocycles. The van der Waals surface area contributed by atoms with Crippen LogP contribution < -0.4 is 10.5 Å². The summed E-state index contributed by atoms with van der Waals surface area (Å²) in [6.45, 7) is 0.200. The van der Waals surface area contributed by atoms with Crippen molar-refractivity contribution in [3.63, 3.8) is 0 Å². The molecule has 112 valence electrons. The summed E-state index contributed by atoms with van der Waals surface area (Å²) in [5.41, 5.74) is 5.66. The molecule has 1 saturated carbocycles. The van der Waals surface area contributed by atoms with Crippen LogP contribution in [0.3, 0.4) is 0 Å². The fraction of sp³-hybridized carbons (Fsp3) is 0.538. The predicted octanol–water partition coefficient (Wildman–Crippen LogP) is 2.27. The van der Waals surface area contributed by atoms with Crippen molar-refractivity contribution in [2.75, 3.05) is 6.54 Å². The molecule has 4 nitrogen and oxygen atoms in total. The van der Waals surface area contributed by atoms with E-state index in [1.54, 1.807) is 0 Å². The summed E-state index contributed by atoms with van der Waals surface area (Å²) in [5, 5.41) is 0.178. The molecule has 0 aliphatic heterocycles. The lowest BCUT2D eigenvalue weighted by atomic mass is 9.99. The lowest BCUT2D eigenvalue weighted by Crippen LogP contribution is -2.44. The molecule has 0 spiro atoms. The molecule has 0 radical (unpaired) electrons. The summed E-state index contributed by atoms with van der Waals surface area (Å²) >= 11 is 5.74. The van der Waals surface area contributed by atoms with E-state index in [9.17, 15) is 12.8 Å². The Morgan fingerprint density at radius 1 is 1.40 bits per heavy atom. The zero-order valence-corrected chi connectivity index (χ0v) is 12.6. The number of rotatable bonds is 5. The fourth-order valence-corrected chi connectivity index (χ4v) is 4.30. The van der Waals surface area contributed by atoms with Gasteiger partial charge in [0, 0.05) is 17.6 Å². The molecule has 0 aromatic heterocycles. The van der Waals surface area contributed by atoms with Crippen molar-refractivity contribution in [2.45, 2.75) is 36.6 Å². The number of halogens is 2. The summed E-state index contributed by atoms with van der Waals surface area (Å²) in [6.07, 6.45) is 4.05. The van der Waals surface area contributed by atoms with E-state index < -0.39 is 20.7 Å². The van der Waals surface area contributed by atoms with Gasteiger partial charge in [0.15, 0.2) is 0 Å². The maximum Gasteiger partial charge on any atom is 0.243 e. The van der Waals surface area contributed by atoms with E-state index >= 15 is 0 Å². The Labute approximate surface area is 123 Å². The average Bonchev–Trinajstić information content (AvgIpc) is 2.92. The maximum atomic E-state index is 13.7. The van der Waals surface area contributed by atoms with Crippen molar-refractivity contribution in [3.05, 3.63) is 29.0 Å². The molecule has 2 rings (SSSR count). The van der Waals surface area contributed by atoms with E-state index in [2.05, 4.69) is 4.72 Å². The van der Waals surface area contributed by atoms with Crippen LogP contribution in [0, 0.1) is 11.7 Å². The first kappa shape index (κ1) is 15.7. The molecular formula is C13H18ClFN2O2S. The third-order valence-electron chi connectivity index (χ3n) is 3.71. The van der Waals surface area contributed by atoms with Crippen molar-refractivity contribution in [3.8, 4) is 0 Å². The molecule has 3 N–H and O–H groups in total. The number of nitrogens with one attached hydrogen (secondary N) is 1. The Bertz CT molecular complexity index is 574. The standard InChI is InChI=1S/C13H18ClFN2O2S/c14-10-5-6-11(15)13(7-10)20(18,19)17-12(8-16)9-3-1-2-4-9/h5-7,9,12,17H,1-4,8,16H2. The van der Waals surface area contributed by atoms with Crippen LogP contribution >= 0.6 is 11.6 Å². The number of sulfonamides is 1. The Hall–Kier alpha value is -0.690. The van der Waals surface area contributed by atoms with Crippen molar-refractivity contribution in [1.29, 1.82) is 0 Å². The number of benzene rings is 1. The van der Waals surface area contributed by atoms with E-state index in [4.69, 9.17) is 17.3 Å². The normalized spacial score (nSPS) is 18.4. The van der Waals surface area contributed by atoms with Gasteiger partial charge in [-0.3, -0.25) is 0 Å². The number of nitrogens with two attached hydrogens (primary N) is 1. The zero-order valence-electron chi connectivity index (χ0n) is 11.0. The Balaban J connectivity index is 2.23. The Morgan fingerprint density at radius 2 is 2.05 bits per heavy atom. The van der Waals surface area contributed by atoms with E-state index in [-0.39, 0.29) is 23.5 Å². The summed E-state index contributed by atoms with van der Waals surface area (Å²) in [4.78, 5) is -0.429. The third kappa shape index (κ3) is 3.49. The molecule has 1 aliphatic rings. The van der Waals surface area contributed by atoms with Gasteiger partial charge in [-0.2, -0.15) is 0 Å². The number of hydrogen-bond donors (Lipinski definition) is 2. The quantitative estimate of drug-likeness (QED) is 0.874. The molecular weight excluding hydrogens is 303 g/mol. The van der Waals surface area contributed by atoms with Crippen LogP contribution in [0.15, 0.2) is 23.1 Å². The zero-order chi connectivity index (χ0) is 14.8. The van der Waals surface area contributed by atoms with Gasteiger partial charge in [0.05, 0.1) is 0 Å². The highest BCUT2D eigenvalue weighted by Crippen LogP contribution is 2.28. The highest BCUT2D eigenvalue weighted by Gasteiger charge is 2.29. The van der Waals surface area contributed by atoms with Crippen LogP contribution in [0.2, 0.25) is 5.02 Å². The molecule has 20 heavy (non-hydrogen) atoms. The second kappa shape index (κ2) is 6.39. The first-order chi connectivity index (χ1) is 9.44. The van der Waals surface area contributed by atoms with Crippen molar-refractivity contribution in [2.24, 2.45) is 11.7 Å². The smallest absolute Gasteiger partial charge is 0.243 e. The molecule has 1 fully saturated rings. The minimum Gasteiger partial charge on any atom is -0.329 e. The molecule has 1 aromatic rings. The van der Waals surface area contributed by atoms with E-state index in [0.717, 1.165) is 37.8 Å². The molecule has 7 heteroatoms. The SMILES string of the molecule is NCC(NS(=O)(=O)c1cc(Cl)ccc1F)C1CCCC1. The highest BCUT2D eigenvalue weighted by molar-refractivity contribution is 7.89. The molecule has 0 amide bonds. The summed E-state index contributed by atoms with van der Waals surface area (Å²) < 4.78 is 40.7. The topological polar surface area (TPSA) is 72.2 Å². The second-order valence-electron chi connectivity index (χ2n) is 5.08. The first-order valence-corrected chi connectivity index (χ1v) is 8.47. The number of hydrogen-bond acceptors (Lipinski definition) is 3. The predicted molar refractivity (Wildman–Crippen MR) is 76.5 cm³/mol. The lowest BCUT2D eigenvalue weighted by Gasteiger charge is -2.23. The monoisotopic (exact) mass is 320 g/mol. The van der Waals surface area contributed by atoms with Gasteiger partial charge in [-0.15, -0.1) is 0 Å². The molecule has 1 atom stereocenters. The summed E-state index contributed by atoms with van der Waals surface area (Å²) in [5.74, 6) is -0.596. The van der Waals surface area contributed by atoms with Crippen LogP contribution in [0.4, 0.5) is 4.39 Å². The molecule has 0 saturated heterocycles. The van der Waals surface area contributed by atoms with Gasteiger partial charge in [0.1, 0.15) is 10.7 Å². The lowest BCUT2D eigenvalue weighted by molar-refractivity contribution is 0.404. The van der Waals surface area contributed by atoms with Gasteiger partial charge in [-0.1, -0.05) is 24.4 Å². The minimum absolute atomic E-state index is 0.178. The van der Waals surface area contributed by atoms with Crippen LogP contribution in [0.25, 0.3) is 0 Å². The van der Waals surface area contributed by atoms with Gasteiger partial charge >= 0.3 is 0 Å². The highest BCUT2D eigenvalue weighted by atomic mass is 35.5. The van der Waals surface area contributed by atoms with Crippen molar-refractivity contribution >= 4 is 21.6 Å². The van der Waals surface area contributed by atoms with Gasteiger partial charge < -0.3 is 5.73 Å². The fourth-order valence-electron chi connectivity index (χ4n) is 2.64. The molecule has 0 bridgehead atoms. The molecule has 0 heterocycles. The Morgan fingerprint density at radius 3 is 2.65 bits per heavy atom. The molecule has 1 unspecified atom stereocenters. The van der Waals surface area contributed by atoms with Gasteiger partial charge in [0.2, 0.25) is 10.0 Å². The van der Waals surface area contributed by atoms with Gasteiger partial charge in [-0.05, 0) is 37.0 Å². The van der Waals surface area contributed by atoms with Gasteiger partial charge in [-0.25, -0.2) is 17.5 Å². The van der Waals surface area contributed by atoms with Crippen LogP contribution in [-0.4, -0.2) is 21.0 Å². The average molecular weight is 321 g/mol. The largest absolute Gasteiger partial charge is 0.329 e. The van der Waals surface area contributed by atoms with Crippen molar-refractivity contribution in [1.82, 2.24) is 4.72 Å². The first-order valence-electron chi connectivity index (χ1n) is 6.61. The van der Waals surface area contributed by atoms with Gasteiger partial charge in [0.25, 0.3) is 0 Å². The van der Waals surface area contributed by atoms with Crippen LogP contribution in [-0.2, 0) is 10.0 Å². The minimum atomic E-state index is -3.95. The summed E-state index contributed by atoms with van der Waals surface area (Å²) in [7, 11) is -3.95. The molecule has 1 aliphatic carbocycles. The third-order valence-corrected chi connectivity index (χ3v) is 5.45. The van der Waals surface area contributed by atoms with Crippen molar-refractivity contribution < 1.29 is 12.8 Å². The van der Waals surface area contributed by atoms with Crippen LogP contribution in [0.1, 0.15) is 25.7 Å². The van der Waals surface area contributed by atoms with E-state index in [0.29, 0.717) is 0 Å². The second-order valence-corrected chi connectivity index (χ2v) is 7.20. The maximum absolute atomic E-state index is 13.7.